The molecule has 1 N–H and O–H groups in total. The van der Waals surface area contributed by atoms with Gasteiger partial charge in [-0.3, -0.25) is 14.8 Å². The molecule has 25 heavy (non-hydrogen) atoms. The molecule has 1 aromatic heterocycles. The van der Waals surface area contributed by atoms with E-state index >= 15 is 0 Å². The molecular formula is C18H27BrN4O2. The van der Waals surface area contributed by atoms with Crippen molar-refractivity contribution in [3.8, 4) is 0 Å². The van der Waals surface area contributed by atoms with Crippen molar-refractivity contribution in [1.82, 2.24) is 14.0 Å². The molecule has 7 heteroatoms. The lowest BCUT2D eigenvalue weighted by Gasteiger charge is -2.26. The van der Waals surface area contributed by atoms with Crippen molar-refractivity contribution >= 4 is 34.0 Å². The Morgan fingerprint density at radius 3 is 2.36 bits per heavy atom. The van der Waals surface area contributed by atoms with E-state index in [1.807, 2.05) is 28.8 Å². The number of nitrogens with one attached hydrogen (secondary N) is 1. The predicted octanol–water partition coefficient (Wildman–Crippen LogP) is 2.55. The monoisotopic (exact) mass is 410 g/mol. The quantitative estimate of drug-likeness (QED) is 0.744. The SMILES string of the molecule is Br.CCOC(=O)Cn1c(=N)n(CCN2CCCCC2)c2ccccc21. The molecule has 0 unspecified atom stereocenters. The number of imidazole rings is 1. The van der Waals surface area contributed by atoms with Gasteiger partial charge < -0.3 is 14.2 Å². The lowest BCUT2D eigenvalue weighted by atomic mass is 10.1. The molecule has 0 spiro atoms. The van der Waals surface area contributed by atoms with Crippen molar-refractivity contribution in [2.45, 2.75) is 39.3 Å². The molecule has 3 rings (SSSR count). The molecule has 2 aromatic rings. The van der Waals surface area contributed by atoms with Gasteiger partial charge >= 0.3 is 5.97 Å². The Morgan fingerprint density at radius 2 is 1.72 bits per heavy atom. The third-order valence-electron chi connectivity index (χ3n) is 4.66. The fraction of sp³-hybridized carbons (Fsp3) is 0.556. The second-order valence-corrected chi connectivity index (χ2v) is 6.26. The first kappa shape index (κ1) is 19.7. The third-order valence-corrected chi connectivity index (χ3v) is 4.66. The number of esters is 1. The molecular weight excluding hydrogens is 384 g/mol. The summed E-state index contributed by atoms with van der Waals surface area (Å²) in [4.78, 5) is 14.3. The van der Waals surface area contributed by atoms with Crippen LogP contribution in [0.2, 0.25) is 0 Å². The first-order valence-electron chi connectivity index (χ1n) is 8.81. The molecule has 1 aromatic carbocycles. The lowest BCUT2D eigenvalue weighted by molar-refractivity contribution is -0.143. The van der Waals surface area contributed by atoms with Crippen molar-refractivity contribution in [1.29, 1.82) is 5.41 Å². The normalized spacial score (nSPS) is 15.1. The highest BCUT2D eigenvalue weighted by molar-refractivity contribution is 8.93. The lowest BCUT2D eigenvalue weighted by Crippen LogP contribution is -2.35. The summed E-state index contributed by atoms with van der Waals surface area (Å²) >= 11 is 0. The van der Waals surface area contributed by atoms with Gasteiger partial charge in [0.15, 0.2) is 0 Å². The maximum Gasteiger partial charge on any atom is 0.326 e. The van der Waals surface area contributed by atoms with Crippen LogP contribution in [0.5, 0.6) is 0 Å². The molecule has 0 aliphatic carbocycles. The molecule has 2 heterocycles. The van der Waals surface area contributed by atoms with Gasteiger partial charge in [-0.15, -0.1) is 17.0 Å². The number of fused-ring (bicyclic) bond motifs is 1. The number of nitrogens with zero attached hydrogens (tertiary/aromatic N) is 3. The third kappa shape index (κ3) is 4.52. The highest BCUT2D eigenvalue weighted by Gasteiger charge is 2.15. The van der Waals surface area contributed by atoms with Crippen LogP contribution in [0.15, 0.2) is 24.3 Å². The summed E-state index contributed by atoms with van der Waals surface area (Å²) in [5, 5.41) is 8.52. The van der Waals surface area contributed by atoms with Crippen LogP contribution in [-0.2, 0) is 22.6 Å². The van der Waals surface area contributed by atoms with E-state index in [-0.39, 0.29) is 29.5 Å². The number of hydrogen-bond donors (Lipinski definition) is 1. The number of carbonyl (C=O) groups excluding carboxylic acids is 1. The van der Waals surface area contributed by atoms with Crippen LogP contribution in [0.1, 0.15) is 26.2 Å². The van der Waals surface area contributed by atoms with E-state index < -0.39 is 0 Å². The number of aromatic nitrogens is 2. The van der Waals surface area contributed by atoms with Crippen molar-refractivity contribution < 1.29 is 9.53 Å². The molecule has 138 valence electrons. The van der Waals surface area contributed by atoms with E-state index in [2.05, 4.69) is 4.90 Å². The molecule has 1 aliphatic rings. The van der Waals surface area contributed by atoms with Crippen LogP contribution in [0.25, 0.3) is 11.0 Å². The van der Waals surface area contributed by atoms with Gasteiger partial charge in [0.05, 0.1) is 17.6 Å². The Balaban J connectivity index is 0.00000225. The number of ether oxygens (including phenoxy) is 1. The summed E-state index contributed by atoms with van der Waals surface area (Å²) in [6, 6.07) is 7.90. The van der Waals surface area contributed by atoms with Gasteiger partial charge in [0.25, 0.3) is 0 Å². The number of halogens is 1. The second-order valence-electron chi connectivity index (χ2n) is 6.26. The van der Waals surface area contributed by atoms with Crippen molar-refractivity contribution in [3.05, 3.63) is 29.9 Å². The van der Waals surface area contributed by atoms with Gasteiger partial charge in [-0.2, -0.15) is 0 Å². The van der Waals surface area contributed by atoms with Crippen LogP contribution in [0, 0.1) is 5.41 Å². The fourth-order valence-electron chi connectivity index (χ4n) is 3.44. The molecule has 0 saturated carbocycles. The summed E-state index contributed by atoms with van der Waals surface area (Å²) in [6.07, 6.45) is 3.86. The molecule has 0 atom stereocenters. The molecule has 1 aliphatic heterocycles. The van der Waals surface area contributed by atoms with Crippen molar-refractivity contribution in [3.63, 3.8) is 0 Å². The Morgan fingerprint density at radius 1 is 1.08 bits per heavy atom. The highest BCUT2D eigenvalue weighted by Crippen LogP contribution is 2.14. The van der Waals surface area contributed by atoms with E-state index in [9.17, 15) is 4.79 Å². The number of hydrogen-bond acceptors (Lipinski definition) is 4. The Labute approximate surface area is 158 Å². The highest BCUT2D eigenvalue weighted by atomic mass is 79.9. The minimum Gasteiger partial charge on any atom is -0.465 e. The first-order chi connectivity index (χ1) is 11.7. The minimum absolute atomic E-state index is 0. The van der Waals surface area contributed by atoms with Gasteiger partial charge in [0.1, 0.15) is 6.54 Å². The number of piperidine rings is 1. The van der Waals surface area contributed by atoms with E-state index in [4.69, 9.17) is 10.1 Å². The Kier molecular flexibility index (Phi) is 7.25. The number of rotatable bonds is 6. The predicted molar refractivity (Wildman–Crippen MR) is 103 cm³/mol. The second kappa shape index (κ2) is 9.20. The summed E-state index contributed by atoms with van der Waals surface area (Å²) in [5.41, 5.74) is 2.28. The van der Waals surface area contributed by atoms with E-state index in [1.54, 1.807) is 11.5 Å². The average Bonchev–Trinajstić information content (AvgIpc) is 2.86. The molecule has 6 nitrogen and oxygen atoms in total. The van der Waals surface area contributed by atoms with Gasteiger partial charge in [-0.05, 0) is 45.0 Å². The van der Waals surface area contributed by atoms with Gasteiger partial charge in [-0.25, -0.2) is 0 Å². The minimum atomic E-state index is -0.296. The number of carbonyl (C=O) groups is 1. The maximum absolute atomic E-state index is 11.9. The summed E-state index contributed by atoms with van der Waals surface area (Å²) in [7, 11) is 0. The molecule has 0 amide bonds. The van der Waals surface area contributed by atoms with Crippen LogP contribution < -0.4 is 5.62 Å². The van der Waals surface area contributed by atoms with E-state index in [1.165, 1.54) is 19.3 Å². The van der Waals surface area contributed by atoms with E-state index in [0.29, 0.717) is 12.2 Å². The van der Waals surface area contributed by atoms with E-state index in [0.717, 1.165) is 37.2 Å². The summed E-state index contributed by atoms with van der Waals surface area (Å²) in [6.45, 7) is 6.26. The Hall–Kier alpha value is -1.60. The van der Waals surface area contributed by atoms with Crippen LogP contribution >= 0.6 is 17.0 Å². The van der Waals surface area contributed by atoms with Crippen LogP contribution in [0.3, 0.4) is 0 Å². The first-order valence-corrected chi connectivity index (χ1v) is 8.81. The Bertz CT molecular complexity index is 762. The van der Waals surface area contributed by atoms with Crippen LogP contribution in [0.4, 0.5) is 0 Å². The zero-order chi connectivity index (χ0) is 16.9. The molecule has 0 bridgehead atoms. The number of benzene rings is 1. The number of likely N-dealkylation sites (tertiary alicyclic amines) is 1. The molecule has 0 radical (unpaired) electrons. The smallest absolute Gasteiger partial charge is 0.326 e. The summed E-state index contributed by atoms with van der Waals surface area (Å²) < 4.78 is 8.80. The van der Waals surface area contributed by atoms with Gasteiger partial charge in [0, 0.05) is 13.1 Å². The fourth-order valence-corrected chi connectivity index (χ4v) is 3.44. The van der Waals surface area contributed by atoms with Crippen molar-refractivity contribution in [2.24, 2.45) is 0 Å². The maximum atomic E-state index is 11.9. The zero-order valence-electron chi connectivity index (χ0n) is 14.7. The number of para-hydroxylation sites is 2. The molecule has 1 fully saturated rings. The largest absolute Gasteiger partial charge is 0.465 e. The molecule has 1 saturated heterocycles. The van der Waals surface area contributed by atoms with Gasteiger partial charge in [-0.1, -0.05) is 18.6 Å². The van der Waals surface area contributed by atoms with Gasteiger partial charge in [0.2, 0.25) is 5.62 Å². The zero-order valence-corrected chi connectivity index (χ0v) is 16.5. The standard InChI is InChI=1S/C18H26N4O2.BrH/c1-2-24-17(23)14-22-16-9-5-4-8-15(16)21(18(22)19)13-12-20-10-6-3-7-11-20;/h4-5,8-9,19H,2-3,6-7,10-14H2,1H3;1H. The topological polar surface area (TPSA) is 63.2 Å². The average molecular weight is 411 g/mol. The van der Waals surface area contributed by atoms with Crippen molar-refractivity contribution in [2.75, 3.05) is 26.2 Å². The summed E-state index contributed by atoms with van der Waals surface area (Å²) in [5.74, 6) is -0.296. The van der Waals surface area contributed by atoms with Crippen LogP contribution in [-0.4, -0.2) is 46.2 Å².